The van der Waals surface area contributed by atoms with E-state index in [4.69, 9.17) is 4.74 Å². The predicted octanol–water partition coefficient (Wildman–Crippen LogP) is 2.11. The van der Waals surface area contributed by atoms with Gasteiger partial charge in [-0.25, -0.2) is 18.4 Å². The third-order valence-electron chi connectivity index (χ3n) is 4.12. The Kier molecular flexibility index (Phi) is 3.82. The van der Waals surface area contributed by atoms with Gasteiger partial charge in [0.15, 0.2) is 0 Å². The monoisotopic (exact) mass is 336 g/mol. The Morgan fingerprint density at radius 1 is 1.50 bits per heavy atom. The first-order valence-electron chi connectivity index (χ1n) is 7.21. The van der Waals surface area contributed by atoms with Gasteiger partial charge in [-0.15, -0.1) is 0 Å². The molecule has 3 rings (SSSR count). The quantitative estimate of drug-likeness (QED) is 0.822. The van der Waals surface area contributed by atoms with Crippen molar-refractivity contribution in [1.29, 1.82) is 0 Å². The molecule has 2 aliphatic heterocycles. The van der Waals surface area contributed by atoms with Gasteiger partial charge < -0.3 is 15.2 Å². The number of rotatable bonds is 3. The molecule has 0 fully saturated rings. The van der Waals surface area contributed by atoms with Crippen LogP contribution in [0.5, 0.6) is 0 Å². The van der Waals surface area contributed by atoms with Crippen molar-refractivity contribution in [2.24, 2.45) is 0 Å². The van der Waals surface area contributed by atoms with Crippen LogP contribution in [0.2, 0.25) is 0 Å². The molecule has 126 valence electrons. The first-order valence-corrected chi connectivity index (χ1v) is 7.21. The van der Waals surface area contributed by atoms with Crippen molar-refractivity contribution < 1.29 is 28.2 Å². The van der Waals surface area contributed by atoms with Crippen LogP contribution < -0.4 is 5.32 Å². The molecule has 24 heavy (non-hydrogen) atoms. The second-order valence-electron chi connectivity index (χ2n) is 5.61. The first-order chi connectivity index (χ1) is 11.3. The van der Waals surface area contributed by atoms with Crippen LogP contribution in [0.1, 0.15) is 37.1 Å². The van der Waals surface area contributed by atoms with Crippen molar-refractivity contribution >= 4 is 11.9 Å². The zero-order valence-corrected chi connectivity index (χ0v) is 12.9. The van der Waals surface area contributed by atoms with Crippen LogP contribution in [0.3, 0.4) is 0 Å². The summed E-state index contributed by atoms with van der Waals surface area (Å²) in [5, 5.41) is 12.4. The standard InChI is InChI=1S/C16H14F2N2O4/c1-6(17)11-8(3-19-4-9(11)18)13-12(15(21)22)7(2)20-10-5-24-16(23)14(10)13/h3-4,6,13,20H,5H2,1-2H3,(H,21,22)/t6?,13-/m0/s1. The molecule has 1 unspecified atom stereocenters. The minimum absolute atomic E-state index is 0.00889. The Labute approximate surface area is 135 Å². The molecule has 0 aromatic carbocycles. The highest BCUT2D eigenvalue weighted by molar-refractivity contribution is 6.00. The van der Waals surface area contributed by atoms with Gasteiger partial charge in [0, 0.05) is 17.5 Å². The highest BCUT2D eigenvalue weighted by Gasteiger charge is 2.43. The summed E-state index contributed by atoms with van der Waals surface area (Å²) in [6, 6.07) is 0. The van der Waals surface area contributed by atoms with Crippen LogP contribution in [0.15, 0.2) is 34.9 Å². The summed E-state index contributed by atoms with van der Waals surface area (Å²) in [5.74, 6) is -4.05. The van der Waals surface area contributed by atoms with Gasteiger partial charge >= 0.3 is 11.9 Å². The molecule has 2 atom stereocenters. The van der Waals surface area contributed by atoms with Crippen molar-refractivity contribution in [3.05, 3.63) is 51.9 Å². The lowest BCUT2D eigenvalue weighted by molar-refractivity contribution is -0.136. The molecule has 1 aromatic heterocycles. The predicted molar refractivity (Wildman–Crippen MR) is 77.9 cm³/mol. The van der Waals surface area contributed by atoms with E-state index in [0.29, 0.717) is 5.70 Å². The van der Waals surface area contributed by atoms with Crippen molar-refractivity contribution in [3.63, 3.8) is 0 Å². The van der Waals surface area contributed by atoms with E-state index < -0.39 is 29.8 Å². The molecule has 0 bridgehead atoms. The Morgan fingerprint density at radius 2 is 2.21 bits per heavy atom. The van der Waals surface area contributed by atoms with Gasteiger partial charge in [-0.3, -0.25) is 4.98 Å². The number of carbonyl (C=O) groups is 2. The second kappa shape index (κ2) is 5.70. The van der Waals surface area contributed by atoms with Gasteiger partial charge in [0.25, 0.3) is 0 Å². The number of carboxylic acid groups (broad SMARTS) is 1. The normalized spacial score (nSPS) is 21.3. The molecule has 2 N–H and O–H groups in total. The van der Waals surface area contributed by atoms with Crippen LogP contribution in [0, 0.1) is 5.82 Å². The molecule has 3 heterocycles. The molecule has 0 amide bonds. The molecule has 6 nitrogen and oxygen atoms in total. The molecular formula is C16H14F2N2O4. The number of carbonyl (C=O) groups excluding carboxylic acids is 1. The van der Waals surface area contributed by atoms with Crippen LogP contribution in [0.25, 0.3) is 0 Å². The lowest BCUT2D eigenvalue weighted by atomic mass is 9.79. The summed E-state index contributed by atoms with van der Waals surface area (Å²) in [6.07, 6.45) is 0.348. The molecule has 0 saturated heterocycles. The summed E-state index contributed by atoms with van der Waals surface area (Å²) in [5.41, 5.74) is 0.263. The highest BCUT2D eigenvalue weighted by atomic mass is 19.1. The second-order valence-corrected chi connectivity index (χ2v) is 5.61. The molecule has 0 spiro atoms. The number of hydrogen-bond acceptors (Lipinski definition) is 5. The number of nitrogens with one attached hydrogen (secondary N) is 1. The van der Waals surface area contributed by atoms with E-state index in [1.54, 1.807) is 0 Å². The van der Waals surface area contributed by atoms with Gasteiger partial charge in [0.05, 0.1) is 29.0 Å². The van der Waals surface area contributed by atoms with Gasteiger partial charge in [-0.05, 0) is 19.4 Å². The molecule has 0 radical (unpaired) electrons. The van der Waals surface area contributed by atoms with E-state index in [1.807, 2.05) is 0 Å². The number of allylic oxidation sites excluding steroid dienone is 1. The molecule has 0 aliphatic carbocycles. The number of dihydropyridines is 1. The molecule has 2 aliphatic rings. The summed E-state index contributed by atoms with van der Waals surface area (Å²) >= 11 is 0. The zero-order chi connectivity index (χ0) is 17.6. The Hall–Kier alpha value is -2.77. The minimum Gasteiger partial charge on any atom is -0.478 e. The van der Waals surface area contributed by atoms with E-state index in [-0.39, 0.29) is 34.6 Å². The van der Waals surface area contributed by atoms with Crippen molar-refractivity contribution in [2.45, 2.75) is 25.9 Å². The van der Waals surface area contributed by atoms with E-state index in [9.17, 15) is 23.5 Å². The maximum absolute atomic E-state index is 14.1. The summed E-state index contributed by atoms with van der Waals surface area (Å²) < 4.78 is 33.1. The third kappa shape index (κ3) is 2.34. The van der Waals surface area contributed by atoms with Crippen LogP contribution in [0.4, 0.5) is 8.78 Å². The molecule has 1 aromatic rings. The summed E-state index contributed by atoms with van der Waals surface area (Å²) in [6.45, 7) is 2.62. The molecule has 8 heteroatoms. The Bertz CT molecular complexity index is 812. The maximum Gasteiger partial charge on any atom is 0.337 e. The SMILES string of the molecule is CC1=C(C(=O)O)[C@H](c2cncc(F)c2C(C)F)C2=C(COC2=O)N1. The Morgan fingerprint density at radius 3 is 2.83 bits per heavy atom. The lowest BCUT2D eigenvalue weighted by Gasteiger charge is -2.28. The average Bonchev–Trinajstić information content (AvgIpc) is 2.85. The molecule has 0 saturated carbocycles. The minimum atomic E-state index is -1.70. The number of pyridine rings is 1. The summed E-state index contributed by atoms with van der Waals surface area (Å²) in [4.78, 5) is 27.5. The number of alkyl halides is 1. The van der Waals surface area contributed by atoms with E-state index in [0.717, 1.165) is 13.1 Å². The lowest BCUT2D eigenvalue weighted by Crippen LogP contribution is -2.30. The number of halogens is 2. The van der Waals surface area contributed by atoms with Gasteiger partial charge in [-0.2, -0.15) is 0 Å². The van der Waals surface area contributed by atoms with Gasteiger partial charge in [0.2, 0.25) is 0 Å². The number of hydrogen-bond donors (Lipinski definition) is 2. The number of esters is 1. The molecular weight excluding hydrogens is 322 g/mol. The van der Waals surface area contributed by atoms with Gasteiger partial charge in [0.1, 0.15) is 18.6 Å². The van der Waals surface area contributed by atoms with Crippen LogP contribution in [-0.2, 0) is 14.3 Å². The fourth-order valence-electron chi connectivity index (χ4n) is 3.17. The first kappa shape index (κ1) is 16.1. The van der Waals surface area contributed by atoms with Crippen molar-refractivity contribution in [1.82, 2.24) is 10.3 Å². The summed E-state index contributed by atoms with van der Waals surface area (Å²) in [7, 11) is 0. The zero-order valence-electron chi connectivity index (χ0n) is 12.9. The topological polar surface area (TPSA) is 88.5 Å². The van der Waals surface area contributed by atoms with Crippen molar-refractivity contribution in [2.75, 3.05) is 6.61 Å². The number of aliphatic carboxylic acids is 1. The third-order valence-corrected chi connectivity index (χ3v) is 4.12. The fraction of sp³-hybridized carbons (Fsp3) is 0.312. The Balaban J connectivity index is 2.29. The number of cyclic esters (lactones) is 1. The number of nitrogens with zero attached hydrogens (tertiary/aromatic N) is 1. The number of aromatic nitrogens is 1. The highest BCUT2D eigenvalue weighted by Crippen LogP contribution is 2.43. The van der Waals surface area contributed by atoms with Gasteiger partial charge in [-0.1, -0.05) is 0 Å². The van der Waals surface area contributed by atoms with E-state index in [2.05, 4.69) is 10.3 Å². The average molecular weight is 336 g/mol. The number of carboxylic acids is 1. The van der Waals surface area contributed by atoms with Crippen molar-refractivity contribution in [3.8, 4) is 0 Å². The number of ether oxygens (including phenoxy) is 1. The van der Waals surface area contributed by atoms with E-state index >= 15 is 0 Å². The largest absolute Gasteiger partial charge is 0.478 e. The smallest absolute Gasteiger partial charge is 0.337 e. The van der Waals surface area contributed by atoms with E-state index in [1.165, 1.54) is 13.1 Å². The van der Waals surface area contributed by atoms with Crippen LogP contribution >= 0.6 is 0 Å². The fourth-order valence-corrected chi connectivity index (χ4v) is 3.17. The van der Waals surface area contributed by atoms with Crippen LogP contribution in [-0.4, -0.2) is 28.6 Å². The maximum atomic E-state index is 14.1.